The summed E-state index contributed by atoms with van der Waals surface area (Å²) < 4.78 is 0. The smallest absolute Gasteiger partial charge is 0.142 e. The molecule has 2 aromatic rings. The molecule has 0 aromatic heterocycles. The van der Waals surface area contributed by atoms with Crippen molar-refractivity contribution in [3.05, 3.63) is 65.7 Å². The standard InChI is InChI=1S/C16H14O/c1-13-7-2-4-10-15(13)16-11-5-3-8-14(16)9-6-12-17/h2-12H,1H3. The van der Waals surface area contributed by atoms with Crippen molar-refractivity contribution in [3.8, 4) is 11.1 Å². The Labute approximate surface area is 101 Å². The molecule has 0 spiro atoms. The van der Waals surface area contributed by atoms with Crippen LogP contribution in [0.5, 0.6) is 0 Å². The Kier molecular flexibility index (Phi) is 3.51. The molecule has 0 fully saturated rings. The van der Waals surface area contributed by atoms with Gasteiger partial charge in [-0.1, -0.05) is 54.6 Å². The van der Waals surface area contributed by atoms with Gasteiger partial charge in [-0.25, -0.2) is 0 Å². The van der Waals surface area contributed by atoms with Gasteiger partial charge in [0.05, 0.1) is 0 Å². The van der Waals surface area contributed by atoms with E-state index < -0.39 is 0 Å². The molecule has 2 aromatic carbocycles. The minimum Gasteiger partial charge on any atom is -0.299 e. The maximum absolute atomic E-state index is 10.4. The van der Waals surface area contributed by atoms with Crippen molar-refractivity contribution in [1.29, 1.82) is 0 Å². The molecule has 0 amide bonds. The molecule has 1 nitrogen and oxygen atoms in total. The van der Waals surface area contributed by atoms with E-state index in [-0.39, 0.29) is 0 Å². The molecule has 17 heavy (non-hydrogen) atoms. The van der Waals surface area contributed by atoms with Crippen LogP contribution in [0.15, 0.2) is 54.6 Å². The largest absolute Gasteiger partial charge is 0.299 e. The first kappa shape index (κ1) is 11.3. The second-order valence-electron chi connectivity index (χ2n) is 3.90. The highest BCUT2D eigenvalue weighted by atomic mass is 16.1. The summed E-state index contributed by atoms with van der Waals surface area (Å²) >= 11 is 0. The second kappa shape index (κ2) is 5.26. The number of carbonyl (C=O) groups is 1. The van der Waals surface area contributed by atoms with Crippen molar-refractivity contribution >= 4 is 12.4 Å². The van der Waals surface area contributed by atoms with Gasteiger partial charge in [-0.3, -0.25) is 4.79 Å². The van der Waals surface area contributed by atoms with E-state index in [1.54, 1.807) is 0 Å². The molecule has 0 saturated heterocycles. The molecule has 1 heteroatoms. The number of carbonyl (C=O) groups excluding carboxylic acids is 1. The summed E-state index contributed by atoms with van der Waals surface area (Å²) in [6.07, 6.45) is 4.17. The normalized spacial score (nSPS) is 10.6. The molecule has 0 saturated carbocycles. The van der Waals surface area contributed by atoms with Crippen LogP contribution in [0.1, 0.15) is 11.1 Å². The van der Waals surface area contributed by atoms with Gasteiger partial charge in [0, 0.05) is 0 Å². The predicted octanol–water partition coefficient (Wildman–Crippen LogP) is 3.87. The van der Waals surface area contributed by atoms with E-state index in [2.05, 4.69) is 25.1 Å². The maximum Gasteiger partial charge on any atom is 0.142 e. The van der Waals surface area contributed by atoms with Gasteiger partial charge in [0.25, 0.3) is 0 Å². The molecule has 2 rings (SSSR count). The fraction of sp³-hybridized carbons (Fsp3) is 0.0625. The minimum atomic E-state index is 0.800. The lowest BCUT2D eigenvalue weighted by atomic mass is 9.96. The molecule has 0 aliphatic rings. The van der Waals surface area contributed by atoms with Gasteiger partial charge in [0.1, 0.15) is 6.29 Å². The van der Waals surface area contributed by atoms with Crippen molar-refractivity contribution in [2.24, 2.45) is 0 Å². The molecule has 0 atom stereocenters. The fourth-order valence-corrected chi connectivity index (χ4v) is 1.91. The minimum absolute atomic E-state index is 0.800. The van der Waals surface area contributed by atoms with Crippen molar-refractivity contribution in [2.45, 2.75) is 6.92 Å². The summed E-state index contributed by atoms with van der Waals surface area (Å²) in [4.78, 5) is 10.4. The Morgan fingerprint density at radius 1 is 0.882 bits per heavy atom. The number of benzene rings is 2. The first-order valence-electron chi connectivity index (χ1n) is 5.60. The summed E-state index contributed by atoms with van der Waals surface area (Å²) in [6.45, 7) is 2.09. The summed E-state index contributed by atoms with van der Waals surface area (Å²) in [7, 11) is 0. The third-order valence-electron chi connectivity index (χ3n) is 2.75. The fourth-order valence-electron chi connectivity index (χ4n) is 1.91. The molecule has 0 bridgehead atoms. The zero-order chi connectivity index (χ0) is 12.1. The number of aldehydes is 1. The van der Waals surface area contributed by atoms with Crippen molar-refractivity contribution in [1.82, 2.24) is 0 Å². The van der Waals surface area contributed by atoms with E-state index in [0.717, 1.165) is 17.4 Å². The van der Waals surface area contributed by atoms with Gasteiger partial charge in [-0.15, -0.1) is 0 Å². The van der Waals surface area contributed by atoms with Gasteiger partial charge < -0.3 is 0 Å². The Hall–Kier alpha value is -2.15. The van der Waals surface area contributed by atoms with Gasteiger partial charge in [0.15, 0.2) is 0 Å². The quantitative estimate of drug-likeness (QED) is 0.569. The predicted molar refractivity (Wildman–Crippen MR) is 71.7 cm³/mol. The lowest BCUT2D eigenvalue weighted by Crippen LogP contribution is -1.86. The molecule has 0 unspecified atom stereocenters. The highest BCUT2D eigenvalue weighted by Gasteiger charge is 2.03. The topological polar surface area (TPSA) is 17.1 Å². The Balaban J connectivity index is 2.56. The average Bonchev–Trinajstić information content (AvgIpc) is 2.37. The number of aryl methyl sites for hydroxylation is 1. The van der Waals surface area contributed by atoms with Crippen molar-refractivity contribution in [3.63, 3.8) is 0 Å². The van der Waals surface area contributed by atoms with Gasteiger partial charge >= 0.3 is 0 Å². The van der Waals surface area contributed by atoms with Crippen LogP contribution >= 0.6 is 0 Å². The molecular weight excluding hydrogens is 208 g/mol. The van der Waals surface area contributed by atoms with Crippen LogP contribution in [0.25, 0.3) is 17.2 Å². The van der Waals surface area contributed by atoms with Gasteiger partial charge in [-0.05, 0) is 35.3 Å². The maximum atomic E-state index is 10.4. The highest BCUT2D eigenvalue weighted by molar-refractivity contribution is 5.81. The number of allylic oxidation sites excluding steroid dienone is 1. The van der Waals surface area contributed by atoms with Crippen LogP contribution in [-0.4, -0.2) is 6.29 Å². The van der Waals surface area contributed by atoms with E-state index in [1.807, 2.05) is 36.4 Å². The van der Waals surface area contributed by atoms with E-state index in [1.165, 1.54) is 17.2 Å². The highest BCUT2D eigenvalue weighted by Crippen LogP contribution is 2.27. The van der Waals surface area contributed by atoms with Crippen LogP contribution in [-0.2, 0) is 4.79 Å². The third kappa shape index (κ3) is 2.51. The van der Waals surface area contributed by atoms with E-state index in [9.17, 15) is 4.79 Å². The average molecular weight is 222 g/mol. The molecule has 0 aliphatic heterocycles. The monoisotopic (exact) mass is 222 g/mol. The van der Waals surface area contributed by atoms with Gasteiger partial charge in [-0.2, -0.15) is 0 Å². The van der Waals surface area contributed by atoms with Crippen LogP contribution in [0, 0.1) is 6.92 Å². The first-order valence-corrected chi connectivity index (χ1v) is 5.60. The van der Waals surface area contributed by atoms with E-state index >= 15 is 0 Å². The van der Waals surface area contributed by atoms with Gasteiger partial charge in [0.2, 0.25) is 0 Å². The summed E-state index contributed by atoms with van der Waals surface area (Å²) in [6, 6.07) is 16.3. The van der Waals surface area contributed by atoms with Crippen molar-refractivity contribution < 1.29 is 4.79 Å². The second-order valence-corrected chi connectivity index (χ2v) is 3.90. The lowest BCUT2D eigenvalue weighted by Gasteiger charge is -2.08. The van der Waals surface area contributed by atoms with E-state index in [4.69, 9.17) is 0 Å². The summed E-state index contributed by atoms with van der Waals surface area (Å²) in [5.74, 6) is 0. The molecule has 0 aliphatic carbocycles. The molecule has 0 N–H and O–H groups in total. The molecule has 0 heterocycles. The third-order valence-corrected chi connectivity index (χ3v) is 2.75. The Morgan fingerprint density at radius 2 is 1.53 bits per heavy atom. The zero-order valence-electron chi connectivity index (χ0n) is 9.76. The first-order chi connectivity index (χ1) is 8.33. The van der Waals surface area contributed by atoms with Crippen LogP contribution < -0.4 is 0 Å². The SMILES string of the molecule is Cc1ccccc1-c1ccccc1C=CC=O. The van der Waals surface area contributed by atoms with E-state index in [0.29, 0.717) is 0 Å². The Bertz CT molecular complexity index is 553. The number of rotatable bonds is 3. The zero-order valence-corrected chi connectivity index (χ0v) is 9.76. The summed E-state index contributed by atoms with van der Waals surface area (Å²) in [5.41, 5.74) is 4.66. The van der Waals surface area contributed by atoms with Crippen LogP contribution in [0.2, 0.25) is 0 Å². The number of hydrogen-bond acceptors (Lipinski definition) is 1. The lowest BCUT2D eigenvalue weighted by molar-refractivity contribution is -0.104. The molecule has 84 valence electrons. The summed E-state index contributed by atoms with van der Waals surface area (Å²) in [5, 5.41) is 0. The van der Waals surface area contributed by atoms with Crippen LogP contribution in [0.3, 0.4) is 0 Å². The molecule has 0 radical (unpaired) electrons. The molecular formula is C16H14O. The van der Waals surface area contributed by atoms with Crippen molar-refractivity contribution in [2.75, 3.05) is 0 Å². The Morgan fingerprint density at radius 3 is 2.24 bits per heavy atom. The van der Waals surface area contributed by atoms with Crippen LogP contribution in [0.4, 0.5) is 0 Å². The number of hydrogen-bond donors (Lipinski definition) is 0.